The highest BCUT2D eigenvalue weighted by Gasteiger charge is 2.45. The van der Waals surface area contributed by atoms with Crippen molar-refractivity contribution in [3.05, 3.63) is 36.5 Å². The van der Waals surface area contributed by atoms with Crippen molar-refractivity contribution in [1.29, 1.82) is 0 Å². The van der Waals surface area contributed by atoms with Gasteiger partial charge in [0.05, 0.1) is 17.1 Å². The van der Waals surface area contributed by atoms with Crippen LogP contribution in [-0.2, 0) is 0 Å². The molecule has 1 fully saturated rings. The predicted octanol–water partition coefficient (Wildman–Crippen LogP) is 4.48. The van der Waals surface area contributed by atoms with Crippen molar-refractivity contribution >= 4 is 22.6 Å². The summed E-state index contributed by atoms with van der Waals surface area (Å²) in [6.45, 7) is 0. The summed E-state index contributed by atoms with van der Waals surface area (Å²) < 4.78 is 39.3. The maximum Gasteiger partial charge on any atom is 0.393 e. The average Bonchev–Trinajstić information content (AvgIpc) is 2.54. The lowest BCUT2D eigenvalue weighted by Gasteiger charge is -2.33. The van der Waals surface area contributed by atoms with Crippen molar-refractivity contribution in [3.63, 3.8) is 0 Å². The Morgan fingerprint density at radius 1 is 1.12 bits per heavy atom. The Bertz CT molecular complexity index is 727. The fourth-order valence-corrected chi connectivity index (χ4v) is 3.23. The minimum Gasteiger partial charge on any atom is -0.335 e. The van der Waals surface area contributed by atoms with E-state index < -0.39 is 24.2 Å². The second kappa shape index (κ2) is 6.67. The minimum atomic E-state index is -4.29. The van der Waals surface area contributed by atoms with E-state index in [-0.39, 0.29) is 6.42 Å². The third-order valence-corrected chi connectivity index (χ3v) is 4.38. The fraction of sp³-hybridized carbons (Fsp3) is 0.412. The van der Waals surface area contributed by atoms with Gasteiger partial charge in [-0.2, -0.15) is 13.2 Å². The number of amides is 2. The number of halogens is 3. The number of nitrogens with zero attached hydrogens (tertiary/aromatic N) is 1. The van der Waals surface area contributed by atoms with Gasteiger partial charge in [0.2, 0.25) is 0 Å². The molecular weight excluding hydrogens is 319 g/mol. The number of aromatic nitrogens is 1. The zero-order valence-electron chi connectivity index (χ0n) is 12.9. The molecule has 1 heterocycles. The van der Waals surface area contributed by atoms with Crippen molar-refractivity contribution in [3.8, 4) is 0 Å². The number of carbonyl (C=O) groups excluding carboxylic acids is 1. The van der Waals surface area contributed by atoms with Crippen molar-refractivity contribution in [2.45, 2.75) is 37.9 Å². The summed E-state index contributed by atoms with van der Waals surface area (Å²) in [7, 11) is 0. The lowest BCUT2D eigenvalue weighted by atomic mass is 9.84. The monoisotopic (exact) mass is 337 g/mol. The van der Waals surface area contributed by atoms with Crippen molar-refractivity contribution < 1.29 is 18.0 Å². The quantitative estimate of drug-likeness (QED) is 0.849. The van der Waals surface area contributed by atoms with Gasteiger partial charge in [0.25, 0.3) is 0 Å². The van der Waals surface area contributed by atoms with Crippen LogP contribution >= 0.6 is 0 Å². The molecule has 0 spiro atoms. The summed E-state index contributed by atoms with van der Waals surface area (Å²) in [5.74, 6) is -1.48. The number of fused-ring (bicyclic) bond motifs is 1. The molecule has 2 atom stereocenters. The molecule has 1 aliphatic rings. The maximum atomic E-state index is 13.1. The fourth-order valence-electron chi connectivity index (χ4n) is 3.23. The number of hydrogen-bond acceptors (Lipinski definition) is 2. The molecule has 0 saturated heterocycles. The molecular formula is C17H18F3N3O. The summed E-state index contributed by atoms with van der Waals surface area (Å²) >= 11 is 0. The van der Waals surface area contributed by atoms with Crippen LogP contribution in [-0.4, -0.2) is 23.2 Å². The highest BCUT2D eigenvalue weighted by Crippen LogP contribution is 2.37. The summed E-state index contributed by atoms with van der Waals surface area (Å²) in [5, 5.41) is 5.96. The van der Waals surface area contributed by atoms with Gasteiger partial charge in [-0.3, -0.25) is 4.98 Å². The summed E-state index contributed by atoms with van der Waals surface area (Å²) in [6, 6.07) is 7.41. The van der Waals surface area contributed by atoms with Gasteiger partial charge < -0.3 is 10.6 Å². The van der Waals surface area contributed by atoms with Crippen molar-refractivity contribution in [2.24, 2.45) is 5.92 Å². The first-order chi connectivity index (χ1) is 11.4. The van der Waals surface area contributed by atoms with Crippen molar-refractivity contribution in [2.75, 3.05) is 5.32 Å². The molecule has 2 amide bonds. The molecule has 4 nitrogen and oxygen atoms in total. The molecule has 2 aromatic rings. The van der Waals surface area contributed by atoms with Crippen LogP contribution in [0, 0.1) is 5.92 Å². The van der Waals surface area contributed by atoms with Crippen LogP contribution < -0.4 is 10.6 Å². The van der Waals surface area contributed by atoms with Gasteiger partial charge in [-0.25, -0.2) is 4.79 Å². The standard InChI is InChI=1S/C17H18F3N3O/c18-17(19,20)12-7-1-2-8-13(12)22-16(24)23-14-9-3-5-11-6-4-10-21-15(11)14/h3-6,9-10,12-13H,1-2,7-8H2,(H2,22,23,24)/t12-,13-/m1/s1. The Balaban J connectivity index is 1.72. The number of hydrogen-bond donors (Lipinski definition) is 2. The van der Waals surface area contributed by atoms with E-state index in [1.807, 2.05) is 12.1 Å². The third-order valence-electron chi connectivity index (χ3n) is 4.38. The number of carbonyl (C=O) groups is 1. The lowest BCUT2D eigenvalue weighted by Crippen LogP contribution is -2.48. The van der Waals surface area contributed by atoms with E-state index in [2.05, 4.69) is 15.6 Å². The Hall–Kier alpha value is -2.31. The van der Waals surface area contributed by atoms with Crippen LogP contribution in [0.3, 0.4) is 0 Å². The molecule has 0 unspecified atom stereocenters. The molecule has 1 aliphatic carbocycles. The first-order valence-corrected chi connectivity index (χ1v) is 7.93. The molecule has 7 heteroatoms. The van der Waals surface area contributed by atoms with Crippen LogP contribution in [0.2, 0.25) is 0 Å². The Labute approximate surface area is 137 Å². The van der Waals surface area contributed by atoms with E-state index in [1.165, 1.54) is 0 Å². The van der Waals surface area contributed by atoms with Crippen LogP contribution in [0.15, 0.2) is 36.5 Å². The molecule has 1 saturated carbocycles. The first-order valence-electron chi connectivity index (χ1n) is 7.93. The summed E-state index contributed by atoms with van der Waals surface area (Å²) in [5.41, 5.74) is 1.08. The number of alkyl halides is 3. The van der Waals surface area contributed by atoms with Crippen molar-refractivity contribution in [1.82, 2.24) is 10.3 Å². The average molecular weight is 337 g/mol. The molecule has 2 N–H and O–H groups in total. The molecule has 0 radical (unpaired) electrons. The number of rotatable bonds is 2. The Morgan fingerprint density at radius 3 is 2.67 bits per heavy atom. The van der Waals surface area contributed by atoms with Gasteiger partial charge in [0, 0.05) is 17.6 Å². The number of para-hydroxylation sites is 1. The van der Waals surface area contributed by atoms with Crippen LogP contribution in [0.1, 0.15) is 25.7 Å². The van der Waals surface area contributed by atoms with Crippen LogP contribution in [0.25, 0.3) is 10.9 Å². The molecule has 0 bridgehead atoms. The first kappa shape index (κ1) is 16.5. The van der Waals surface area contributed by atoms with Crippen LogP contribution in [0.5, 0.6) is 0 Å². The second-order valence-corrected chi connectivity index (χ2v) is 6.02. The number of anilines is 1. The number of urea groups is 1. The zero-order valence-corrected chi connectivity index (χ0v) is 12.9. The van der Waals surface area contributed by atoms with E-state index in [9.17, 15) is 18.0 Å². The van der Waals surface area contributed by atoms with Gasteiger partial charge in [-0.1, -0.05) is 31.0 Å². The zero-order chi connectivity index (χ0) is 17.2. The van der Waals surface area contributed by atoms with Crippen LogP contribution in [0.4, 0.5) is 23.7 Å². The van der Waals surface area contributed by atoms with Gasteiger partial charge in [0.1, 0.15) is 0 Å². The number of nitrogens with one attached hydrogen (secondary N) is 2. The highest BCUT2D eigenvalue weighted by molar-refractivity contribution is 5.99. The predicted molar refractivity (Wildman–Crippen MR) is 85.7 cm³/mol. The van der Waals surface area contributed by atoms with Gasteiger partial charge in [-0.15, -0.1) is 0 Å². The van der Waals surface area contributed by atoms with Gasteiger partial charge in [0.15, 0.2) is 0 Å². The maximum absolute atomic E-state index is 13.1. The largest absolute Gasteiger partial charge is 0.393 e. The Kier molecular flexibility index (Phi) is 4.59. The number of pyridine rings is 1. The summed E-state index contributed by atoms with van der Waals surface area (Å²) in [4.78, 5) is 16.4. The molecule has 0 aliphatic heterocycles. The normalized spacial score (nSPS) is 21.5. The highest BCUT2D eigenvalue weighted by atomic mass is 19.4. The van der Waals surface area contributed by atoms with E-state index in [1.54, 1.807) is 24.4 Å². The molecule has 128 valence electrons. The Morgan fingerprint density at radius 2 is 1.88 bits per heavy atom. The second-order valence-electron chi connectivity index (χ2n) is 6.02. The number of benzene rings is 1. The van der Waals surface area contributed by atoms with E-state index in [0.29, 0.717) is 30.5 Å². The minimum absolute atomic E-state index is 0.0598. The van der Waals surface area contributed by atoms with Gasteiger partial charge >= 0.3 is 12.2 Å². The molecule has 1 aromatic heterocycles. The van der Waals surface area contributed by atoms with Gasteiger partial charge in [-0.05, 0) is 25.0 Å². The van der Waals surface area contributed by atoms with E-state index in [4.69, 9.17) is 0 Å². The topological polar surface area (TPSA) is 54.0 Å². The molecule has 1 aromatic carbocycles. The smallest absolute Gasteiger partial charge is 0.335 e. The van der Waals surface area contributed by atoms with E-state index >= 15 is 0 Å². The molecule has 3 rings (SSSR count). The SMILES string of the molecule is O=C(Nc1cccc2cccnc12)N[C@@H]1CCCC[C@H]1C(F)(F)F. The summed E-state index contributed by atoms with van der Waals surface area (Å²) in [6.07, 6.45) is -1.06. The lowest BCUT2D eigenvalue weighted by molar-refractivity contribution is -0.187. The third kappa shape index (κ3) is 3.60. The van der Waals surface area contributed by atoms with E-state index in [0.717, 1.165) is 5.39 Å². The molecule has 24 heavy (non-hydrogen) atoms.